The first-order chi connectivity index (χ1) is 19.7. The zero-order valence-corrected chi connectivity index (χ0v) is 25.2. The number of aryl methyl sites for hydroxylation is 1. The fraction of sp³-hybridized carbons (Fsp3) is 0.375. The van der Waals surface area contributed by atoms with Crippen LogP contribution in [0, 0.1) is 6.92 Å². The lowest BCUT2D eigenvalue weighted by atomic mass is 10.1. The zero-order valence-electron chi connectivity index (χ0n) is 24.4. The van der Waals surface area contributed by atoms with Crippen molar-refractivity contribution in [3.8, 4) is 5.75 Å². The molecule has 220 valence electrons. The topological polar surface area (TPSA) is 96.0 Å². The van der Waals surface area contributed by atoms with Crippen molar-refractivity contribution in [1.82, 2.24) is 10.2 Å². The van der Waals surface area contributed by atoms with Crippen molar-refractivity contribution < 1.29 is 22.7 Å². The zero-order chi connectivity index (χ0) is 29.8. The molecule has 41 heavy (non-hydrogen) atoms. The lowest BCUT2D eigenvalue weighted by Gasteiger charge is -2.33. The van der Waals surface area contributed by atoms with Gasteiger partial charge in [0.15, 0.2) is 0 Å². The molecule has 0 saturated carbocycles. The van der Waals surface area contributed by atoms with Crippen LogP contribution in [-0.4, -0.2) is 50.9 Å². The van der Waals surface area contributed by atoms with Crippen molar-refractivity contribution in [3.05, 3.63) is 90.0 Å². The number of hydrogen-bond acceptors (Lipinski definition) is 5. The van der Waals surface area contributed by atoms with Gasteiger partial charge in [0.1, 0.15) is 18.3 Å². The van der Waals surface area contributed by atoms with E-state index in [1.807, 2.05) is 58.0 Å². The number of ether oxygens (including phenoxy) is 1. The van der Waals surface area contributed by atoms with Gasteiger partial charge < -0.3 is 15.0 Å². The molecular weight excluding hydrogens is 538 g/mol. The maximum atomic E-state index is 14.2. The molecule has 3 aromatic rings. The fourth-order valence-electron chi connectivity index (χ4n) is 4.50. The van der Waals surface area contributed by atoms with Crippen LogP contribution in [-0.2, 0) is 26.2 Å². The molecule has 0 aromatic heterocycles. The first-order valence-electron chi connectivity index (χ1n) is 14.1. The molecule has 3 aromatic carbocycles. The number of carbonyl (C=O) groups is 2. The number of carbonyl (C=O) groups excluding carboxylic acids is 2. The van der Waals surface area contributed by atoms with E-state index < -0.39 is 28.5 Å². The molecule has 0 saturated heterocycles. The molecule has 0 aliphatic rings. The Kier molecular flexibility index (Phi) is 11.8. The van der Waals surface area contributed by atoms with Crippen molar-refractivity contribution in [3.63, 3.8) is 0 Å². The third-order valence-electron chi connectivity index (χ3n) is 6.73. The first-order valence-corrected chi connectivity index (χ1v) is 15.6. The minimum Gasteiger partial charge on any atom is -0.492 e. The second kappa shape index (κ2) is 15.2. The SMILES string of the molecule is CCCCNC(=O)[C@H](CC)N(Cc1ccccc1)C(=O)CN(c1ccccc1OCC)S(=O)(=O)c1ccc(C)cc1. The standard InChI is InChI=1S/C32H41N3O5S/c1-5-8-22-33-32(37)28(6-2)34(23-26-14-10-9-11-15-26)31(36)24-35(29-16-12-13-17-30(29)40-7-3)41(38,39)27-20-18-25(4)19-21-27/h9-21,28H,5-8,22-24H2,1-4H3,(H,33,37)/t28-/m0/s1. The van der Waals surface area contributed by atoms with Crippen molar-refractivity contribution in [2.24, 2.45) is 0 Å². The van der Waals surface area contributed by atoms with E-state index in [-0.39, 0.29) is 23.0 Å². The number of sulfonamides is 1. The number of rotatable bonds is 15. The van der Waals surface area contributed by atoms with Crippen LogP contribution >= 0.6 is 0 Å². The van der Waals surface area contributed by atoms with Gasteiger partial charge in [-0.25, -0.2) is 8.42 Å². The molecule has 0 aliphatic heterocycles. The summed E-state index contributed by atoms with van der Waals surface area (Å²) in [5.41, 5.74) is 2.00. The van der Waals surface area contributed by atoms with Crippen LogP contribution in [0.3, 0.4) is 0 Å². The summed E-state index contributed by atoms with van der Waals surface area (Å²) in [5.74, 6) is -0.404. The van der Waals surface area contributed by atoms with E-state index in [0.29, 0.717) is 25.3 Å². The van der Waals surface area contributed by atoms with Gasteiger partial charge in [0.25, 0.3) is 10.0 Å². The van der Waals surface area contributed by atoms with Crippen molar-refractivity contribution in [1.29, 1.82) is 0 Å². The third kappa shape index (κ3) is 8.33. The summed E-state index contributed by atoms with van der Waals surface area (Å²) >= 11 is 0. The molecular formula is C32H41N3O5S. The van der Waals surface area contributed by atoms with E-state index >= 15 is 0 Å². The van der Waals surface area contributed by atoms with E-state index in [9.17, 15) is 18.0 Å². The molecule has 0 aliphatic carbocycles. The number of hydrogen-bond donors (Lipinski definition) is 1. The van der Waals surface area contributed by atoms with Crippen LogP contribution in [0.2, 0.25) is 0 Å². The maximum Gasteiger partial charge on any atom is 0.264 e. The van der Waals surface area contributed by atoms with Gasteiger partial charge >= 0.3 is 0 Å². The average molecular weight is 580 g/mol. The van der Waals surface area contributed by atoms with Crippen LogP contribution in [0.1, 0.15) is 51.2 Å². The quantitative estimate of drug-likeness (QED) is 0.246. The van der Waals surface area contributed by atoms with Gasteiger partial charge in [-0.05, 0) is 56.5 Å². The predicted octanol–water partition coefficient (Wildman–Crippen LogP) is 5.31. The average Bonchev–Trinajstić information content (AvgIpc) is 2.97. The van der Waals surface area contributed by atoms with Gasteiger partial charge in [0.2, 0.25) is 11.8 Å². The monoisotopic (exact) mass is 579 g/mol. The second-order valence-electron chi connectivity index (χ2n) is 9.80. The molecule has 8 nitrogen and oxygen atoms in total. The molecule has 1 N–H and O–H groups in total. The van der Waals surface area contributed by atoms with Crippen molar-refractivity contribution in [2.75, 3.05) is 24.0 Å². The summed E-state index contributed by atoms with van der Waals surface area (Å²) in [6.07, 6.45) is 2.12. The van der Waals surface area contributed by atoms with Crippen LogP contribution in [0.5, 0.6) is 5.75 Å². The molecule has 0 unspecified atom stereocenters. The molecule has 0 spiro atoms. The minimum absolute atomic E-state index is 0.0566. The number of para-hydroxylation sites is 2. The number of benzene rings is 3. The molecule has 9 heteroatoms. The number of amides is 2. The van der Waals surface area contributed by atoms with E-state index in [2.05, 4.69) is 5.32 Å². The van der Waals surface area contributed by atoms with Gasteiger partial charge in [-0.2, -0.15) is 0 Å². The maximum absolute atomic E-state index is 14.2. The highest BCUT2D eigenvalue weighted by molar-refractivity contribution is 7.92. The Balaban J connectivity index is 2.07. The number of unbranched alkanes of at least 4 members (excludes halogenated alkanes) is 1. The van der Waals surface area contributed by atoms with Gasteiger partial charge in [0.05, 0.1) is 17.2 Å². The Labute approximate surface area is 244 Å². The Morgan fingerprint density at radius 1 is 0.902 bits per heavy atom. The second-order valence-corrected chi connectivity index (χ2v) is 11.7. The summed E-state index contributed by atoms with van der Waals surface area (Å²) < 4.78 is 35.0. The third-order valence-corrected chi connectivity index (χ3v) is 8.51. The fourth-order valence-corrected chi connectivity index (χ4v) is 5.92. The lowest BCUT2D eigenvalue weighted by Crippen LogP contribution is -2.52. The highest BCUT2D eigenvalue weighted by Gasteiger charge is 2.34. The van der Waals surface area contributed by atoms with Crippen LogP contribution in [0.25, 0.3) is 0 Å². The van der Waals surface area contributed by atoms with Gasteiger partial charge in [-0.1, -0.05) is 80.4 Å². The molecule has 0 radical (unpaired) electrons. The minimum atomic E-state index is -4.18. The summed E-state index contributed by atoms with van der Waals surface area (Å²) in [6.45, 7) is 8.05. The smallest absolute Gasteiger partial charge is 0.264 e. The Bertz CT molecular complexity index is 1380. The van der Waals surface area contributed by atoms with Gasteiger partial charge in [-0.3, -0.25) is 13.9 Å². The molecule has 0 bridgehead atoms. The predicted molar refractivity (Wildman–Crippen MR) is 162 cm³/mol. The summed E-state index contributed by atoms with van der Waals surface area (Å²) in [7, 11) is -4.18. The van der Waals surface area contributed by atoms with Crippen LogP contribution < -0.4 is 14.4 Å². The summed E-state index contributed by atoms with van der Waals surface area (Å²) in [5, 5.41) is 2.94. The molecule has 2 amide bonds. The number of anilines is 1. The van der Waals surface area contributed by atoms with Crippen LogP contribution in [0.4, 0.5) is 5.69 Å². The Morgan fingerprint density at radius 2 is 1.56 bits per heavy atom. The normalized spacial score (nSPS) is 11.9. The van der Waals surface area contributed by atoms with Gasteiger partial charge in [-0.15, -0.1) is 0 Å². The lowest BCUT2D eigenvalue weighted by molar-refractivity contribution is -0.140. The van der Waals surface area contributed by atoms with Crippen molar-refractivity contribution in [2.45, 2.75) is 64.4 Å². The number of nitrogens with zero attached hydrogens (tertiary/aromatic N) is 2. The van der Waals surface area contributed by atoms with E-state index in [1.54, 1.807) is 36.4 Å². The van der Waals surface area contributed by atoms with Gasteiger partial charge in [0, 0.05) is 13.1 Å². The summed E-state index contributed by atoms with van der Waals surface area (Å²) in [4.78, 5) is 29.0. The van der Waals surface area contributed by atoms with E-state index in [4.69, 9.17) is 4.74 Å². The van der Waals surface area contributed by atoms with Crippen LogP contribution in [0.15, 0.2) is 83.8 Å². The molecule has 0 heterocycles. The number of nitrogens with one attached hydrogen (secondary N) is 1. The highest BCUT2D eigenvalue weighted by Crippen LogP contribution is 2.33. The highest BCUT2D eigenvalue weighted by atomic mass is 32.2. The largest absolute Gasteiger partial charge is 0.492 e. The molecule has 1 atom stereocenters. The van der Waals surface area contributed by atoms with E-state index in [0.717, 1.165) is 28.3 Å². The van der Waals surface area contributed by atoms with Crippen molar-refractivity contribution >= 4 is 27.5 Å². The summed E-state index contributed by atoms with van der Waals surface area (Å²) in [6, 6.07) is 21.9. The molecule has 3 rings (SSSR count). The molecule has 0 fully saturated rings. The first kappa shape index (κ1) is 31.7. The Hall–Kier alpha value is -3.85. The van der Waals surface area contributed by atoms with E-state index in [1.165, 1.54) is 17.0 Å². The Morgan fingerprint density at radius 3 is 2.20 bits per heavy atom.